The van der Waals surface area contributed by atoms with E-state index in [1.54, 1.807) is 7.11 Å². The van der Waals surface area contributed by atoms with Crippen LogP contribution in [0.5, 0.6) is 5.75 Å². The van der Waals surface area contributed by atoms with Crippen LogP contribution in [0.25, 0.3) is 0 Å². The van der Waals surface area contributed by atoms with Gasteiger partial charge in [0.25, 0.3) is 0 Å². The molecule has 5 nitrogen and oxygen atoms in total. The molecule has 0 radical (unpaired) electrons. The third kappa shape index (κ3) is 9.08. The molecular formula is C18H31N3O2. The van der Waals surface area contributed by atoms with E-state index in [4.69, 9.17) is 9.47 Å². The Morgan fingerprint density at radius 3 is 2.52 bits per heavy atom. The number of methoxy groups -OCH3 is 1. The molecule has 0 heterocycles. The lowest BCUT2D eigenvalue weighted by molar-refractivity contribution is 0.208. The summed E-state index contributed by atoms with van der Waals surface area (Å²) in [7, 11) is 1.68. The van der Waals surface area contributed by atoms with E-state index in [1.165, 1.54) is 5.56 Å². The monoisotopic (exact) mass is 321 g/mol. The Balaban J connectivity index is 2.36. The van der Waals surface area contributed by atoms with Crippen molar-refractivity contribution in [1.29, 1.82) is 0 Å². The first-order valence-corrected chi connectivity index (χ1v) is 8.38. The predicted molar refractivity (Wildman–Crippen MR) is 96.3 cm³/mol. The van der Waals surface area contributed by atoms with Crippen LogP contribution in [0.15, 0.2) is 29.3 Å². The molecule has 1 rings (SSSR count). The van der Waals surface area contributed by atoms with Crippen LogP contribution in [0.2, 0.25) is 0 Å². The fourth-order valence-electron chi connectivity index (χ4n) is 1.93. The Bertz CT molecular complexity index is 444. The zero-order valence-electron chi connectivity index (χ0n) is 14.9. The van der Waals surface area contributed by atoms with Crippen LogP contribution in [-0.4, -0.2) is 45.9 Å². The second-order valence-corrected chi connectivity index (χ2v) is 5.78. The smallest absolute Gasteiger partial charge is 0.191 e. The fraction of sp³-hybridized carbons (Fsp3) is 0.611. The molecule has 0 aliphatic rings. The second-order valence-electron chi connectivity index (χ2n) is 5.78. The molecular weight excluding hydrogens is 290 g/mol. The number of nitrogens with one attached hydrogen (secondary N) is 2. The van der Waals surface area contributed by atoms with Crippen molar-refractivity contribution in [2.24, 2.45) is 10.9 Å². The Morgan fingerprint density at radius 1 is 1.17 bits per heavy atom. The van der Waals surface area contributed by atoms with Crippen molar-refractivity contribution < 1.29 is 9.47 Å². The SMILES string of the molecule is CCNC(=NCCOC)NCCc1ccc(OCC(C)C)cc1. The zero-order valence-corrected chi connectivity index (χ0v) is 14.9. The van der Waals surface area contributed by atoms with E-state index >= 15 is 0 Å². The molecule has 0 spiro atoms. The third-order valence-electron chi connectivity index (χ3n) is 3.12. The zero-order chi connectivity index (χ0) is 16.9. The summed E-state index contributed by atoms with van der Waals surface area (Å²) in [4.78, 5) is 4.44. The highest BCUT2D eigenvalue weighted by Gasteiger charge is 2.00. The molecule has 0 saturated carbocycles. The summed E-state index contributed by atoms with van der Waals surface area (Å²) >= 11 is 0. The molecule has 0 unspecified atom stereocenters. The normalized spacial score (nSPS) is 11.6. The maximum absolute atomic E-state index is 5.70. The quantitative estimate of drug-likeness (QED) is 0.395. The Labute approximate surface area is 140 Å². The minimum Gasteiger partial charge on any atom is -0.493 e. The standard InChI is InChI=1S/C18H31N3O2/c1-5-19-18(21-12-13-22-4)20-11-10-16-6-8-17(9-7-16)23-14-15(2)3/h6-9,15H,5,10-14H2,1-4H3,(H2,19,20,21). The summed E-state index contributed by atoms with van der Waals surface area (Å²) < 4.78 is 10.7. The van der Waals surface area contributed by atoms with E-state index in [2.05, 4.69) is 48.5 Å². The minimum absolute atomic E-state index is 0.542. The lowest BCUT2D eigenvalue weighted by Crippen LogP contribution is -2.38. The molecule has 0 aromatic heterocycles. The van der Waals surface area contributed by atoms with E-state index in [0.717, 1.165) is 37.8 Å². The van der Waals surface area contributed by atoms with Crippen LogP contribution in [0.3, 0.4) is 0 Å². The van der Waals surface area contributed by atoms with Gasteiger partial charge in [0.15, 0.2) is 5.96 Å². The fourth-order valence-corrected chi connectivity index (χ4v) is 1.93. The van der Waals surface area contributed by atoms with Crippen molar-refractivity contribution in [2.75, 3.05) is 40.0 Å². The highest BCUT2D eigenvalue weighted by Crippen LogP contribution is 2.13. The molecule has 2 N–H and O–H groups in total. The highest BCUT2D eigenvalue weighted by atomic mass is 16.5. The van der Waals surface area contributed by atoms with Crippen molar-refractivity contribution >= 4 is 5.96 Å². The van der Waals surface area contributed by atoms with Gasteiger partial charge in [-0.05, 0) is 37.0 Å². The summed E-state index contributed by atoms with van der Waals surface area (Å²) in [5, 5.41) is 6.56. The van der Waals surface area contributed by atoms with Gasteiger partial charge in [0, 0.05) is 20.2 Å². The van der Waals surface area contributed by atoms with Gasteiger partial charge in [0.2, 0.25) is 0 Å². The highest BCUT2D eigenvalue weighted by molar-refractivity contribution is 5.79. The molecule has 0 aliphatic heterocycles. The Hall–Kier alpha value is -1.75. The van der Waals surface area contributed by atoms with E-state index in [9.17, 15) is 0 Å². The van der Waals surface area contributed by atoms with Gasteiger partial charge in [0.05, 0.1) is 19.8 Å². The molecule has 1 aromatic carbocycles. The van der Waals surface area contributed by atoms with Crippen molar-refractivity contribution in [3.63, 3.8) is 0 Å². The van der Waals surface area contributed by atoms with Crippen LogP contribution < -0.4 is 15.4 Å². The maximum Gasteiger partial charge on any atom is 0.191 e. The van der Waals surface area contributed by atoms with Crippen LogP contribution in [0.1, 0.15) is 26.3 Å². The van der Waals surface area contributed by atoms with Gasteiger partial charge < -0.3 is 20.1 Å². The van der Waals surface area contributed by atoms with Crippen LogP contribution in [-0.2, 0) is 11.2 Å². The van der Waals surface area contributed by atoms with Gasteiger partial charge in [-0.1, -0.05) is 26.0 Å². The number of hydrogen-bond acceptors (Lipinski definition) is 3. The topological polar surface area (TPSA) is 54.9 Å². The molecule has 0 bridgehead atoms. The van der Waals surface area contributed by atoms with Gasteiger partial charge in [-0.25, -0.2) is 0 Å². The van der Waals surface area contributed by atoms with Crippen molar-refractivity contribution in [3.05, 3.63) is 29.8 Å². The molecule has 0 aliphatic carbocycles. The van der Waals surface area contributed by atoms with E-state index in [1.807, 2.05) is 12.1 Å². The Morgan fingerprint density at radius 2 is 1.91 bits per heavy atom. The molecule has 0 atom stereocenters. The van der Waals surface area contributed by atoms with Crippen LogP contribution in [0.4, 0.5) is 0 Å². The first-order valence-electron chi connectivity index (χ1n) is 8.38. The lowest BCUT2D eigenvalue weighted by Gasteiger charge is -2.12. The van der Waals surface area contributed by atoms with Gasteiger partial charge in [-0.3, -0.25) is 4.99 Å². The number of guanidine groups is 1. The molecule has 1 aromatic rings. The summed E-state index contributed by atoms with van der Waals surface area (Å²) in [6.45, 7) is 10.1. The average molecular weight is 321 g/mol. The first kappa shape index (κ1) is 19.3. The predicted octanol–water partition coefficient (Wildman–Crippen LogP) is 2.47. The largest absolute Gasteiger partial charge is 0.493 e. The van der Waals surface area contributed by atoms with Crippen LogP contribution >= 0.6 is 0 Å². The molecule has 130 valence electrons. The van der Waals surface area contributed by atoms with Gasteiger partial charge in [0.1, 0.15) is 5.75 Å². The maximum atomic E-state index is 5.70. The number of aliphatic imine (C=N–C) groups is 1. The first-order chi connectivity index (χ1) is 11.2. The summed E-state index contributed by atoms with van der Waals surface area (Å²) in [6.07, 6.45) is 0.944. The summed E-state index contributed by atoms with van der Waals surface area (Å²) in [6, 6.07) is 8.31. The van der Waals surface area contributed by atoms with Crippen molar-refractivity contribution in [2.45, 2.75) is 27.2 Å². The average Bonchev–Trinajstić information content (AvgIpc) is 2.54. The van der Waals surface area contributed by atoms with Crippen LogP contribution in [0, 0.1) is 5.92 Å². The third-order valence-corrected chi connectivity index (χ3v) is 3.12. The van der Waals surface area contributed by atoms with Gasteiger partial charge in [-0.2, -0.15) is 0 Å². The Kier molecular flexibility index (Phi) is 9.87. The number of benzene rings is 1. The van der Waals surface area contributed by atoms with Gasteiger partial charge >= 0.3 is 0 Å². The molecule has 0 saturated heterocycles. The van der Waals surface area contributed by atoms with Gasteiger partial charge in [-0.15, -0.1) is 0 Å². The number of rotatable bonds is 10. The minimum atomic E-state index is 0.542. The van der Waals surface area contributed by atoms with Crippen molar-refractivity contribution in [3.8, 4) is 5.75 Å². The summed E-state index contributed by atoms with van der Waals surface area (Å²) in [5.41, 5.74) is 1.28. The van der Waals surface area contributed by atoms with Crippen molar-refractivity contribution in [1.82, 2.24) is 10.6 Å². The number of nitrogens with zero attached hydrogens (tertiary/aromatic N) is 1. The molecule has 23 heavy (non-hydrogen) atoms. The number of hydrogen-bond donors (Lipinski definition) is 2. The van der Waals surface area contributed by atoms with E-state index in [0.29, 0.717) is 19.1 Å². The molecule has 5 heteroatoms. The second kappa shape index (κ2) is 11.8. The number of ether oxygens (including phenoxy) is 2. The van der Waals surface area contributed by atoms with E-state index in [-0.39, 0.29) is 0 Å². The van der Waals surface area contributed by atoms with E-state index < -0.39 is 0 Å². The molecule has 0 fully saturated rings. The summed E-state index contributed by atoms with van der Waals surface area (Å²) in [5.74, 6) is 2.31. The molecule has 0 amide bonds. The lowest BCUT2D eigenvalue weighted by atomic mass is 10.1.